The zero-order valence-corrected chi connectivity index (χ0v) is 21.6. The fraction of sp³-hybridized carbons (Fsp3) is 0.286. The Morgan fingerprint density at radius 1 is 0.974 bits per heavy atom. The van der Waals surface area contributed by atoms with Gasteiger partial charge in [-0.25, -0.2) is 9.78 Å². The van der Waals surface area contributed by atoms with E-state index in [1.807, 2.05) is 32.0 Å². The summed E-state index contributed by atoms with van der Waals surface area (Å²) in [6.07, 6.45) is -0.820. The molecule has 0 atom stereocenters. The predicted molar refractivity (Wildman–Crippen MR) is 142 cm³/mol. The second-order valence-electron chi connectivity index (χ2n) is 10.2. The van der Waals surface area contributed by atoms with Crippen molar-refractivity contribution in [2.45, 2.75) is 44.3 Å². The number of aryl methyl sites for hydroxylation is 1. The lowest BCUT2D eigenvalue weighted by molar-refractivity contribution is -0.137. The van der Waals surface area contributed by atoms with Crippen LogP contribution in [0.4, 0.5) is 29.3 Å². The van der Waals surface area contributed by atoms with Crippen molar-refractivity contribution >= 4 is 34.3 Å². The summed E-state index contributed by atoms with van der Waals surface area (Å²) in [4.78, 5) is 30.2. The Morgan fingerprint density at radius 2 is 1.67 bits per heavy atom. The molecule has 0 unspecified atom stereocenters. The molecule has 1 saturated carbocycles. The monoisotopic (exact) mass is 536 g/mol. The van der Waals surface area contributed by atoms with Crippen LogP contribution in [0.2, 0.25) is 0 Å². The van der Waals surface area contributed by atoms with E-state index in [4.69, 9.17) is 4.98 Å². The number of pyridine rings is 1. The smallest absolute Gasteiger partial charge is 0.353 e. The summed E-state index contributed by atoms with van der Waals surface area (Å²) >= 11 is 0. The Bertz CT molecular complexity index is 1560. The Hall–Kier alpha value is -4.41. The minimum Gasteiger partial charge on any atom is -0.353 e. The molecule has 5 rings (SSSR count). The predicted octanol–water partition coefficient (Wildman–Crippen LogP) is 5.85. The van der Waals surface area contributed by atoms with Gasteiger partial charge in [-0.1, -0.05) is 18.2 Å². The van der Waals surface area contributed by atoms with E-state index in [0.717, 1.165) is 41.5 Å². The van der Waals surface area contributed by atoms with Crippen molar-refractivity contribution in [1.82, 2.24) is 20.1 Å². The lowest BCUT2D eigenvalue weighted by Crippen LogP contribution is -2.41. The average Bonchev–Trinajstić information content (AvgIpc) is 3.63. The first kappa shape index (κ1) is 26.2. The average molecular weight is 537 g/mol. The fourth-order valence-corrected chi connectivity index (χ4v) is 4.18. The molecule has 8 nitrogen and oxygen atoms in total. The van der Waals surface area contributed by atoms with Gasteiger partial charge in [0, 0.05) is 29.9 Å². The molecule has 3 N–H and O–H groups in total. The van der Waals surface area contributed by atoms with E-state index < -0.39 is 23.2 Å². The Balaban J connectivity index is 1.38. The van der Waals surface area contributed by atoms with Crippen LogP contribution in [-0.4, -0.2) is 32.7 Å². The molecule has 39 heavy (non-hydrogen) atoms. The number of hydrogen-bond donors (Lipinski definition) is 3. The Kier molecular flexibility index (Phi) is 6.53. The summed E-state index contributed by atoms with van der Waals surface area (Å²) < 4.78 is 40.5. The molecule has 1 fully saturated rings. The van der Waals surface area contributed by atoms with Gasteiger partial charge >= 0.3 is 12.2 Å². The van der Waals surface area contributed by atoms with E-state index in [0.29, 0.717) is 17.0 Å². The number of aromatic nitrogens is 3. The quantitative estimate of drug-likeness (QED) is 0.288. The molecule has 0 saturated heterocycles. The Labute approximate surface area is 222 Å². The van der Waals surface area contributed by atoms with Crippen molar-refractivity contribution in [2.75, 3.05) is 10.6 Å². The number of fused-ring (bicyclic) bond motifs is 1. The molecule has 0 aliphatic heterocycles. The van der Waals surface area contributed by atoms with Crippen LogP contribution in [0.25, 0.3) is 22.2 Å². The zero-order chi connectivity index (χ0) is 27.9. The molecule has 1 aliphatic carbocycles. The van der Waals surface area contributed by atoms with Gasteiger partial charge in [0.05, 0.1) is 22.9 Å². The second kappa shape index (κ2) is 9.72. The molecule has 202 valence electrons. The summed E-state index contributed by atoms with van der Waals surface area (Å²) in [6, 6.07) is 12.8. The molecule has 2 heterocycles. The van der Waals surface area contributed by atoms with E-state index in [1.54, 1.807) is 30.1 Å². The highest BCUT2D eigenvalue weighted by Crippen LogP contribution is 2.34. The van der Waals surface area contributed by atoms with E-state index in [1.165, 1.54) is 12.1 Å². The lowest BCUT2D eigenvalue weighted by atomic mass is 9.85. The highest BCUT2D eigenvalue weighted by molar-refractivity contribution is 6.00. The number of nitrogens with zero attached hydrogens (tertiary/aromatic N) is 3. The van der Waals surface area contributed by atoms with Gasteiger partial charge in [0.15, 0.2) is 5.65 Å². The minimum atomic E-state index is -4.51. The molecule has 11 heteroatoms. The number of alkyl halides is 3. The van der Waals surface area contributed by atoms with Crippen molar-refractivity contribution in [3.63, 3.8) is 0 Å². The standard InChI is InChI=1S/C28H27F3N6O2/c1-27(2,25(38)33-18-11-12-18)23-14-21(22-15-32-37(3)24(22)36-23)16-7-9-19(10-8-16)34-26(39)35-20-6-4-5-17(13-20)28(29,30)31/h4-10,13-15,18H,11-12H2,1-3H3,(H,33,38)(H2,34,35,39). The van der Waals surface area contributed by atoms with Gasteiger partial charge < -0.3 is 16.0 Å². The van der Waals surface area contributed by atoms with Crippen molar-refractivity contribution < 1.29 is 22.8 Å². The van der Waals surface area contributed by atoms with Gasteiger partial charge in [0.25, 0.3) is 0 Å². The van der Waals surface area contributed by atoms with Crippen molar-refractivity contribution in [3.05, 3.63) is 72.1 Å². The number of carbonyl (C=O) groups excluding carboxylic acids is 2. The number of hydrogen-bond acceptors (Lipinski definition) is 4. The van der Waals surface area contributed by atoms with E-state index in [9.17, 15) is 22.8 Å². The van der Waals surface area contributed by atoms with Crippen LogP contribution in [0.3, 0.4) is 0 Å². The third-order valence-corrected chi connectivity index (χ3v) is 6.73. The number of carbonyl (C=O) groups is 2. The molecular formula is C28H27F3N6O2. The normalized spacial score (nSPS) is 13.8. The number of benzene rings is 2. The molecule has 1 aliphatic rings. The second-order valence-corrected chi connectivity index (χ2v) is 10.2. The fourth-order valence-electron chi connectivity index (χ4n) is 4.18. The maximum Gasteiger partial charge on any atom is 0.416 e. The third-order valence-electron chi connectivity index (χ3n) is 6.73. The number of anilines is 2. The molecular weight excluding hydrogens is 509 g/mol. The summed E-state index contributed by atoms with van der Waals surface area (Å²) in [7, 11) is 1.79. The molecule has 0 spiro atoms. The van der Waals surface area contributed by atoms with Gasteiger partial charge in [-0.2, -0.15) is 18.3 Å². The minimum absolute atomic E-state index is 0.0237. The van der Waals surface area contributed by atoms with Crippen LogP contribution in [0.5, 0.6) is 0 Å². The highest BCUT2D eigenvalue weighted by Gasteiger charge is 2.36. The zero-order valence-electron chi connectivity index (χ0n) is 21.6. The summed E-state index contributed by atoms with van der Waals surface area (Å²) in [6.45, 7) is 3.68. The van der Waals surface area contributed by atoms with Crippen LogP contribution >= 0.6 is 0 Å². The molecule has 4 aromatic rings. The first-order chi connectivity index (χ1) is 18.4. The number of halogens is 3. The summed E-state index contributed by atoms with van der Waals surface area (Å²) in [5.74, 6) is -0.0868. The molecule has 0 radical (unpaired) electrons. The van der Waals surface area contributed by atoms with Crippen molar-refractivity contribution in [3.8, 4) is 11.1 Å². The molecule has 3 amide bonds. The van der Waals surface area contributed by atoms with Crippen LogP contribution in [-0.2, 0) is 23.4 Å². The first-order valence-corrected chi connectivity index (χ1v) is 12.4. The third kappa shape index (κ3) is 5.57. The van der Waals surface area contributed by atoms with Crippen LogP contribution < -0.4 is 16.0 Å². The van der Waals surface area contributed by atoms with Gasteiger partial charge in [0.1, 0.15) is 0 Å². The van der Waals surface area contributed by atoms with Gasteiger partial charge in [-0.3, -0.25) is 9.48 Å². The number of amides is 3. The van der Waals surface area contributed by atoms with E-state index in [2.05, 4.69) is 21.0 Å². The van der Waals surface area contributed by atoms with Crippen LogP contribution in [0.15, 0.2) is 60.8 Å². The molecule has 0 bridgehead atoms. The van der Waals surface area contributed by atoms with Crippen LogP contribution in [0, 0.1) is 0 Å². The van der Waals surface area contributed by atoms with Gasteiger partial charge in [-0.15, -0.1) is 0 Å². The van der Waals surface area contributed by atoms with Gasteiger partial charge in [0.2, 0.25) is 5.91 Å². The maximum atomic E-state index is 13.0. The largest absolute Gasteiger partial charge is 0.416 e. The number of urea groups is 1. The lowest BCUT2D eigenvalue weighted by Gasteiger charge is -2.24. The molecule has 2 aromatic heterocycles. The SMILES string of the molecule is Cn1ncc2c(-c3ccc(NC(=O)Nc4cccc(C(F)(F)F)c4)cc3)cc(C(C)(C)C(=O)NC3CC3)nc21. The maximum absolute atomic E-state index is 13.0. The van der Waals surface area contributed by atoms with Crippen molar-refractivity contribution in [1.29, 1.82) is 0 Å². The number of nitrogens with one attached hydrogen (secondary N) is 3. The highest BCUT2D eigenvalue weighted by atomic mass is 19.4. The number of rotatable bonds is 6. The van der Waals surface area contributed by atoms with Crippen molar-refractivity contribution in [2.24, 2.45) is 7.05 Å². The topological polar surface area (TPSA) is 101 Å². The van der Waals surface area contributed by atoms with E-state index in [-0.39, 0.29) is 17.6 Å². The van der Waals surface area contributed by atoms with Gasteiger partial charge in [-0.05, 0) is 74.2 Å². The summed E-state index contributed by atoms with van der Waals surface area (Å²) in [5, 5.41) is 13.3. The molecule has 2 aromatic carbocycles. The Morgan fingerprint density at radius 3 is 2.33 bits per heavy atom. The van der Waals surface area contributed by atoms with E-state index >= 15 is 0 Å². The summed E-state index contributed by atoms with van der Waals surface area (Å²) in [5.41, 5.74) is 1.63. The first-order valence-electron chi connectivity index (χ1n) is 12.4. The van der Waals surface area contributed by atoms with Crippen LogP contribution in [0.1, 0.15) is 37.9 Å².